The summed E-state index contributed by atoms with van der Waals surface area (Å²) < 4.78 is 89.6. The first-order valence-electron chi connectivity index (χ1n) is 7.55. The molecule has 1 amide bonds. The highest BCUT2D eigenvalue weighted by atomic mass is 35.5. The number of carbonyl (C=O) groups is 1. The van der Waals surface area contributed by atoms with Gasteiger partial charge in [-0.15, -0.1) is 0 Å². The third-order valence-electron chi connectivity index (χ3n) is 4.07. The zero-order valence-corrected chi connectivity index (χ0v) is 15.0. The lowest BCUT2D eigenvalue weighted by atomic mass is 10.1. The number of carbonyl (C=O) groups excluding carboxylic acids is 1. The van der Waals surface area contributed by atoms with E-state index in [-0.39, 0.29) is 13.1 Å². The topological polar surface area (TPSA) is 23.6 Å². The largest absolute Gasteiger partial charge is 0.460 e. The van der Waals surface area contributed by atoms with Gasteiger partial charge in [0, 0.05) is 32.7 Å². The van der Waals surface area contributed by atoms with E-state index in [9.17, 15) is 35.5 Å². The van der Waals surface area contributed by atoms with E-state index in [1.165, 1.54) is 0 Å². The van der Waals surface area contributed by atoms with Crippen molar-refractivity contribution < 1.29 is 35.5 Å². The molecule has 152 valence electrons. The van der Waals surface area contributed by atoms with Crippen molar-refractivity contribution in [2.45, 2.75) is 24.6 Å². The van der Waals surface area contributed by atoms with Crippen molar-refractivity contribution >= 4 is 29.1 Å². The summed E-state index contributed by atoms with van der Waals surface area (Å²) in [5.74, 6) is -14.9. The summed E-state index contributed by atoms with van der Waals surface area (Å²) in [6.07, 6.45) is -6.54. The van der Waals surface area contributed by atoms with Gasteiger partial charge in [-0.25, -0.2) is 0 Å². The van der Waals surface area contributed by atoms with E-state index in [0.717, 1.165) is 5.56 Å². The summed E-state index contributed by atoms with van der Waals surface area (Å²) >= 11 is 11.7. The molecule has 0 aromatic heterocycles. The SMILES string of the molecule is O=C(N1CCN(Cc2ccc(Cl)c(Cl)c2)CC1)C(F)(F)C(F)(F)C(F)(F)F. The Morgan fingerprint density at radius 2 is 1.48 bits per heavy atom. The Labute approximate surface area is 159 Å². The summed E-state index contributed by atoms with van der Waals surface area (Å²) in [5.41, 5.74) is 0.734. The molecule has 1 aliphatic rings. The Bertz CT molecular complexity index is 704. The molecule has 27 heavy (non-hydrogen) atoms. The van der Waals surface area contributed by atoms with Gasteiger partial charge in [-0.1, -0.05) is 29.3 Å². The molecule has 1 aliphatic heterocycles. The van der Waals surface area contributed by atoms with Crippen molar-refractivity contribution in [2.75, 3.05) is 26.2 Å². The van der Waals surface area contributed by atoms with Crippen LogP contribution in [0, 0.1) is 0 Å². The van der Waals surface area contributed by atoms with Gasteiger partial charge in [0.2, 0.25) is 0 Å². The molecule has 3 nitrogen and oxygen atoms in total. The monoisotopic (exact) mass is 440 g/mol. The fourth-order valence-electron chi connectivity index (χ4n) is 2.52. The number of hydrogen-bond acceptors (Lipinski definition) is 2. The third kappa shape index (κ3) is 4.43. The fourth-order valence-corrected chi connectivity index (χ4v) is 2.84. The average Bonchev–Trinajstić information content (AvgIpc) is 2.57. The van der Waals surface area contributed by atoms with Crippen LogP contribution in [0.15, 0.2) is 18.2 Å². The van der Waals surface area contributed by atoms with Crippen LogP contribution >= 0.6 is 23.2 Å². The van der Waals surface area contributed by atoms with E-state index in [1.54, 1.807) is 23.1 Å². The molecule has 0 radical (unpaired) electrons. The van der Waals surface area contributed by atoms with E-state index in [2.05, 4.69) is 0 Å². The van der Waals surface area contributed by atoms with Gasteiger partial charge in [0.15, 0.2) is 0 Å². The van der Waals surface area contributed by atoms with Gasteiger partial charge in [0.25, 0.3) is 5.91 Å². The highest BCUT2D eigenvalue weighted by Crippen LogP contribution is 2.47. The van der Waals surface area contributed by atoms with Gasteiger partial charge < -0.3 is 4.90 Å². The second-order valence-electron chi connectivity index (χ2n) is 5.96. The number of rotatable bonds is 4. The molecule has 0 atom stereocenters. The molecule has 0 N–H and O–H groups in total. The van der Waals surface area contributed by atoms with Gasteiger partial charge in [-0.05, 0) is 17.7 Å². The third-order valence-corrected chi connectivity index (χ3v) is 4.81. The number of benzene rings is 1. The van der Waals surface area contributed by atoms with Crippen LogP contribution in [0.25, 0.3) is 0 Å². The van der Waals surface area contributed by atoms with Crippen LogP contribution in [0.3, 0.4) is 0 Å². The number of piperazine rings is 1. The van der Waals surface area contributed by atoms with Crippen molar-refractivity contribution in [1.29, 1.82) is 0 Å². The predicted molar refractivity (Wildman–Crippen MR) is 84.3 cm³/mol. The summed E-state index contributed by atoms with van der Waals surface area (Å²) in [5, 5.41) is 0.640. The van der Waals surface area contributed by atoms with Gasteiger partial charge in [-0.2, -0.15) is 30.7 Å². The Balaban J connectivity index is 2.00. The molecule has 0 aliphatic carbocycles. The molecule has 1 aromatic carbocycles. The molecule has 0 spiro atoms. The van der Waals surface area contributed by atoms with Gasteiger partial charge in [-0.3, -0.25) is 9.69 Å². The minimum atomic E-state index is -6.54. The summed E-state index contributed by atoms with van der Waals surface area (Å²) in [6, 6.07) is 4.81. The molecular formula is C15H13Cl2F7N2O. The number of halogens is 9. The Morgan fingerprint density at radius 1 is 0.926 bits per heavy atom. The quantitative estimate of drug-likeness (QED) is 0.644. The molecule has 1 aromatic rings. The summed E-state index contributed by atoms with van der Waals surface area (Å²) in [6.45, 7) is -0.485. The maximum Gasteiger partial charge on any atom is 0.460 e. The molecule has 0 unspecified atom stereocenters. The van der Waals surface area contributed by atoms with Crippen molar-refractivity contribution in [3.8, 4) is 0 Å². The van der Waals surface area contributed by atoms with Crippen LogP contribution in [-0.2, 0) is 11.3 Å². The van der Waals surface area contributed by atoms with Gasteiger partial charge >= 0.3 is 18.0 Å². The van der Waals surface area contributed by atoms with Crippen molar-refractivity contribution in [3.63, 3.8) is 0 Å². The van der Waals surface area contributed by atoms with Crippen LogP contribution in [0.1, 0.15) is 5.56 Å². The molecule has 0 bridgehead atoms. The molecule has 1 saturated heterocycles. The molecular weight excluding hydrogens is 428 g/mol. The predicted octanol–water partition coefficient (Wildman–Crippen LogP) is 4.47. The number of nitrogens with zero attached hydrogens (tertiary/aromatic N) is 2. The zero-order valence-electron chi connectivity index (χ0n) is 13.5. The zero-order chi connectivity index (χ0) is 20.6. The van der Waals surface area contributed by atoms with Crippen LogP contribution in [0.4, 0.5) is 30.7 Å². The van der Waals surface area contributed by atoms with Gasteiger partial charge in [0.05, 0.1) is 10.0 Å². The van der Waals surface area contributed by atoms with Crippen LogP contribution in [0.2, 0.25) is 10.0 Å². The van der Waals surface area contributed by atoms with E-state index in [0.29, 0.717) is 21.5 Å². The highest BCUT2D eigenvalue weighted by Gasteiger charge is 2.76. The highest BCUT2D eigenvalue weighted by molar-refractivity contribution is 6.42. The number of hydrogen-bond donors (Lipinski definition) is 0. The van der Waals surface area contributed by atoms with Crippen molar-refractivity contribution in [2.24, 2.45) is 0 Å². The Morgan fingerprint density at radius 3 is 1.96 bits per heavy atom. The van der Waals surface area contributed by atoms with E-state index >= 15 is 0 Å². The molecule has 2 rings (SSSR count). The van der Waals surface area contributed by atoms with Crippen LogP contribution in [0.5, 0.6) is 0 Å². The maximum atomic E-state index is 13.5. The Kier molecular flexibility index (Phi) is 6.23. The molecule has 1 heterocycles. The summed E-state index contributed by atoms with van der Waals surface area (Å²) in [4.78, 5) is 13.6. The lowest BCUT2D eigenvalue weighted by Crippen LogP contribution is -2.62. The summed E-state index contributed by atoms with van der Waals surface area (Å²) in [7, 11) is 0. The Hall–Kier alpha value is -1.26. The van der Waals surface area contributed by atoms with Crippen LogP contribution in [-0.4, -0.2) is 59.9 Å². The molecule has 0 saturated carbocycles. The smallest absolute Gasteiger partial charge is 0.335 e. The second kappa shape index (κ2) is 7.63. The first-order valence-corrected chi connectivity index (χ1v) is 8.31. The number of alkyl halides is 7. The average molecular weight is 441 g/mol. The second-order valence-corrected chi connectivity index (χ2v) is 6.78. The van der Waals surface area contributed by atoms with Crippen LogP contribution < -0.4 is 0 Å². The maximum absolute atomic E-state index is 13.5. The molecule has 12 heteroatoms. The van der Waals surface area contributed by atoms with E-state index in [4.69, 9.17) is 23.2 Å². The van der Waals surface area contributed by atoms with E-state index < -0.39 is 37.0 Å². The normalized spacial score (nSPS) is 17.3. The lowest BCUT2D eigenvalue weighted by Gasteiger charge is -2.37. The minimum absolute atomic E-state index is 0.0135. The van der Waals surface area contributed by atoms with E-state index in [1.807, 2.05) is 0 Å². The fraction of sp³-hybridized carbons (Fsp3) is 0.533. The standard InChI is InChI=1S/C15H13Cl2F7N2O/c16-10-2-1-9(7-11(10)17)8-25-3-5-26(6-4-25)12(27)13(18,19)14(20,21)15(22,23)24/h1-2,7H,3-6,8H2. The first kappa shape index (κ1) is 22.0. The lowest BCUT2D eigenvalue weighted by molar-refractivity contribution is -0.346. The molecule has 1 fully saturated rings. The van der Waals surface area contributed by atoms with Gasteiger partial charge in [0.1, 0.15) is 0 Å². The minimum Gasteiger partial charge on any atom is -0.335 e. The first-order chi connectivity index (χ1) is 12.3. The number of amides is 1. The van der Waals surface area contributed by atoms with Crippen molar-refractivity contribution in [1.82, 2.24) is 9.80 Å². The van der Waals surface area contributed by atoms with Crippen molar-refractivity contribution in [3.05, 3.63) is 33.8 Å².